The topological polar surface area (TPSA) is 49.3 Å². The minimum atomic E-state index is -0.653. The summed E-state index contributed by atoms with van der Waals surface area (Å²) in [6.45, 7) is 4.70. The van der Waals surface area contributed by atoms with Gasteiger partial charge in [0.25, 0.3) is 0 Å². The monoisotopic (exact) mass is 622 g/mol. The first-order valence-corrected chi connectivity index (χ1v) is 20.7. The van der Waals surface area contributed by atoms with Gasteiger partial charge in [0, 0.05) is 6.42 Å². The molecule has 0 saturated carbocycles. The highest BCUT2D eigenvalue weighted by Crippen LogP contribution is 2.16. The van der Waals surface area contributed by atoms with Gasteiger partial charge in [-0.15, -0.1) is 0 Å². The molecule has 0 aliphatic rings. The maximum absolute atomic E-state index is 10.5. The Balaban J connectivity index is 3.04. The molecule has 0 aliphatic carbocycles. The Morgan fingerprint density at radius 1 is 0.341 bits per heavy atom. The van der Waals surface area contributed by atoms with E-state index < -0.39 is 5.97 Å². The third-order valence-corrected chi connectivity index (χ3v) is 9.70. The van der Waals surface area contributed by atoms with Crippen LogP contribution < -0.4 is 5.32 Å². The Labute approximate surface area is 278 Å². The molecular weight excluding hydrogens is 538 g/mol. The van der Waals surface area contributed by atoms with Crippen molar-refractivity contribution < 1.29 is 9.90 Å². The summed E-state index contributed by atoms with van der Waals surface area (Å²) in [5.41, 5.74) is 0. The number of rotatable bonds is 40. The van der Waals surface area contributed by atoms with Crippen LogP contribution in [0.3, 0.4) is 0 Å². The molecule has 264 valence electrons. The lowest BCUT2D eigenvalue weighted by atomic mass is 10.0. The zero-order chi connectivity index (χ0) is 31.9. The molecule has 0 aromatic rings. The van der Waals surface area contributed by atoms with Crippen molar-refractivity contribution in [2.24, 2.45) is 0 Å². The smallest absolute Gasteiger partial charge is 0.303 e. The average Bonchev–Trinajstić information content (AvgIpc) is 3.02. The van der Waals surface area contributed by atoms with Crippen molar-refractivity contribution in [2.45, 2.75) is 244 Å². The van der Waals surface area contributed by atoms with E-state index in [0.717, 1.165) is 12.8 Å². The van der Waals surface area contributed by atoms with Gasteiger partial charge in [0.05, 0.1) is 0 Å². The Morgan fingerprint density at radius 2 is 0.545 bits per heavy atom. The maximum Gasteiger partial charge on any atom is 0.303 e. The zero-order valence-corrected chi connectivity index (χ0v) is 30.4. The van der Waals surface area contributed by atoms with Crippen molar-refractivity contribution in [2.75, 3.05) is 13.1 Å². The standard InChI is InChI=1S/C41H83NO2/c1-2-3-4-5-6-7-8-9-10-11-12-13-14-15-16-17-18-19-20-21-22-23-24-27-30-33-36-39-42-40-37-34-31-28-25-26-29-32-35-38-41(43)44/h42H,2-40H2,1H3,(H,43,44). The van der Waals surface area contributed by atoms with Gasteiger partial charge in [0.1, 0.15) is 0 Å². The van der Waals surface area contributed by atoms with E-state index in [2.05, 4.69) is 12.2 Å². The SMILES string of the molecule is CCCCCCCCCCCCCCCCCCCCCCCCCCCCCNCCCCCCCCCCCC(=O)O. The van der Waals surface area contributed by atoms with Gasteiger partial charge in [-0.2, -0.15) is 0 Å². The van der Waals surface area contributed by atoms with Crippen LogP contribution in [0.2, 0.25) is 0 Å². The first-order valence-electron chi connectivity index (χ1n) is 20.7. The average molecular weight is 622 g/mol. The quantitative estimate of drug-likeness (QED) is 0.0669. The van der Waals surface area contributed by atoms with Crippen molar-refractivity contribution in [3.8, 4) is 0 Å². The molecule has 0 amide bonds. The van der Waals surface area contributed by atoms with E-state index in [1.807, 2.05) is 0 Å². The molecule has 0 fully saturated rings. The number of hydrogen-bond acceptors (Lipinski definition) is 2. The molecule has 0 bridgehead atoms. The number of nitrogens with one attached hydrogen (secondary N) is 1. The van der Waals surface area contributed by atoms with Gasteiger partial charge in [-0.1, -0.05) is 219 Å². The Bertz CT molecular complexity index is 523. The van der Waals surface area contributed by atoms with E-state index in [9.17, 15) is 4.79 Å². The number of aliphatic carboxylic acids is 1. The fraction of sp³-hybridized carbons (Fsp3) is 0.976. The fourth-order valence-electron chi connectivity index (χ4n) is 6.63. The molecule has 0 aromatic carbocycles. The number of unbranched alkanes of at least 4 members (excludes halogenated alkanes) is 34. The number of hydrogen-bond donors (Lipinski definition) is 2. The largest absolute Gasteiger partial charge is 0.481 e. The van der Waals surface area contributed by atoms with Crippen LogP contribution in [0.25, 0.3) is 0 Å². The lowest BCUT2D eigenvalue weighted by Gasteiger charge is -2.06. The molecule has 3 nitrogen and oxygen atoms in total. The van der Waals surface area contributed by atoms with E-state index in [0.29, 0.717) is 6.42 Å². The Kier molecular flexibility index (Phi) is 39.9. The lowest BCUT2D eigenvalue weighted by molar-refractivity contribution is -0.137. The maximum atomic E-state index is 10.5. The van der Waals surface area contributed by atoms with Crippen LogP contribution in [0, 0.1) is 0 Å². The van der Waals surface area contributed by atoms with Crippen molar-refractivity contribution >= 4 is 5.97 Å². The molecule has 0 rings (SSSR count). The summed E-state index contributed by atoms with van der Waals surface area (Å²) >= 11 is 0. The summed E-state index contributed by atoms with van der Waals surface area (Å²) in [4.78, 5) is 10.5. The molecule has 0 aromatic heterocycles. The summed E-state index contributed by atoms with van der Waals surface area (Å²) in [5.74, 6) is -0.653. The van der Waals surface area contributed by atoms with Gasteiger partial charge in [0.2, 0.25) is 0 Å². The van der Waals surface area contributed by atoms with E-state index in [4.69, 9.17) is 5.11 Å². The summed E-state index contributed by atoms with van der Waals surface area (Å²) in [6, 6.07) is 0. The van der Waals surface area contributed by atoms with Crippen LogP contribution in [0.1, 0.15) is 244 Å². The predicted octanol–water partition coefficient (Wildman–Crippen LogP) is 14.1. The second-order valence-corrected chi connectivity index (χ2v) is 14.3. The molecule has 0 spiro atoms. The second kappa shape index (κ2) is 40.5. The predicted molar refractivity (Wildman–Crippen MR) is 197 cm³/mol. The highest BCUT2D eigenvalue weighted by molar-refractivity contribution is 5.66. The van der Waals surface area contributed by atoms with E-state index in [-0.39, 0.29) is 0 Å². The molecule has 2 N–H and O–H groups in total. The summed E-state index contributed by atoms with van der Waals surface area (Å²) in [7, 11) is 0. The third-order valence-electron chi connectivity index (χ3n) is 9.70. The molecule has 0 aliphatic heterocycles. The van der Waals surface area contributed by atoms with Crippen LogP contribution in [-0.2, 0) is 4.79 Å². The number of carboxylic acid groups (broad SMARTS) is 1. The summed E-state index contributed by atoms with van der Waals surface area (Å²) in [6.07, 6.45) is 50.9. The Morgan fingerprint density at radius 3 is 0.773 bits per heavy atom. The fourth-order valence-corrected chi connectivity index (χ4v) is 6.63. The van der Waals surface area contributed by atoms with Gasteiger partial charge in [-0.05, 0) is 32.4 Å². The van der Waals surface area contributed by atoms with Crippen molar-refractivity contribution in [3.63, 3.8) is 0 Å². The van der Waals surface area contributed by atoms with Crippen LogP contribution >= 0.6 is 0 Å². The highest BCUT2D eigenvalue weighted by atomic mass is 16.4. The normalized spacial score (nSPS) is 11.5. The molecular formula is C41H83NO2. The summed E-state index contributed by atoms with van der Waals surface area (Å²) < 4.78 is 0. The van der Waals surface area contributed by atoms with Crippen LogP contribution in [0.4, 0.5) is 0 Å². The minimum Gasteiger partial charge on any atom is -0.481 e. The molecule has 44 heavy (non-hydrogen) atoms. The van der Waals surface area contributed by atoms with Crippen molar-refractivity contribution in [1.29, 1.82) is 0 Å². The molecule has 0 radical (unpaired) electrons. The van der Waals surface area contributed by atoms with E-state index in [1.54, 1.807) is 0 Å². The molecule has 0 saturated heterocycles. The van der Waals surface area contributed by atoms with E-state index >= 15 is 0 Å². The van der Waals surface area contributed by atoms with Gasteiger partial charge >= 0.3 is 5.97 Å². The molecule has 0 heterocycles. The number of carboxylic acids is 1. The second-order valence-electron chi connectivity index (χ2n) is 14.3. The van der Waals surface area contributed by atoms with Gasteiger partial charge in [0.15, 0.2) is 0 Å². The highest BCUT2D eigenvalue weighted by Gasteiger charge is 1.98. The van der Waals surface area contributed by atoms with Crippen LogP contribution in [0.15, 0.2) is 0 Å². The van der Waals surface area contributed by atoms with Crippen LogP contribution in [0.5, 0.6) is 0 Å². The summed E-state index contributed by atoms with van der Waals surface area (Å²) in [5, 5.41) is 12.3. The van der Waals surface area contributed by atoms with Crippen molar-refractivity contribution in [1.82, 2.24) is 5.32 Å². The van der Waals surface area contributed by atoms with E-state index in [1.165, 1.54) is 231 Å². The molecule has 0 atom stereocenters. The van der Waals surface area contributed by atoms with Gasteiger partial charge in [-0.3, -0.25) is 4.79 Å². The Hall–Kier alpha value is -0.570. The van der Waals surface area contributed by atoms with Crippen LogP contribution in [-0.4, -0.2) is 24.2 Å². The lowest BCUT2D eigenvalue weighted by Crippen LogP contribution is -2.16. The zero-order valence-electron chi connectivity index (χ0n) is 30.4. The van der Waals surface area contributed by atoms with Gasteiger partial charge in [-0.25, -0.2) is 0 Å². The van der Waals surface area contributed by atoms with Gasteiger partial charge < -0.3 is 10.4 Å². The third kappa shape index (κ3) is 41.4. The molecule has 3 heteroatoms. The number of carbonyl (C=O) groups is 1. The minimum absolute atomic E-state index is 0.340. The van der Waals surface area contributed by atoms with Crippen molar-refractivity contribution in [3.05, 3.63) is 0 Å². The molecule has 0 unspecified atom stereocenters. The first kappa shape index (κ1) is 43.4. The first-order chi connectivity index (χ1) is 21.8.